The van der Waals surface area contributed by atoms with Crippen LogP contribution in [0.25, 0.3) is 11.1 Å². The minimum absolute atomic E-state index is 0.0300. The summed E-state index contributed by atoms with van der Waals surface area (Å²) in [7, 11) is 0. The van der Waals surface area contributed by atoms with Gasteiger partial charge in [0.2, 0.25) is 11.8 Å². The van der Waals surface area contributed by atoms with Crippen molar-refractivity contribution in [2.75, 3.05) is 32.9 Å². The van der Waals surface area contributed by atoms with Crippen molar-refractivity contribution >= 4 is 11.8 Å². The maximum Gasteiger partial charge on any atom is 0.242 e. The van der Waals surface area contributed by atoms with E-state index >= 15 is 0 Å². The van der Waals surface area contributed by atoms with Crippen LogP contribution in [0, 0.1) is 11.7 Å². The quantitative estimate of drug-likeness (QED) is 0.796. The van der Waals surface area contributed by atoms with Gasteiger partial charge >= 0.3 is 0 Å². The van der Waals surface area contributed by atoms with Crippen molar-refractivity contribution in [1.29, 1.82) is 0 Å². The summed E-state index contributed by atoms with van der Waals surface area (Å²) in [5, 5.41) is 9.98. The van der Waals surface area contributed by atoms with Gasteiger partial charge in [0.1, 0.15) is 5.82 Å². The van der Waals surface area contributed by atoms with Gasteiger partial charge in [-0.1, -0.05) is 42.5 Å². The zero-order valence-corrected chi connectivity index (χ0v) is 17.8. The molecule has 0 aromatic heterocycles. The molecule has 0 bridgehead atoms. The summed E-state index contributed by atoms with van der Waals surface area (Å²) in [6.07, 6.45) is 1.39. The first-order valence-electron chi connectivity index (χ1n) is 11.2. The van der Waals surface area contributed by atoms with Gasteiger partial charge in [-0.05, 0) is 30.0 Å². The summed E-state index contributed by atoms with van der Waals surface area (Å²) >= 11 is 0. The molecule has 2 amide bonds. The molecule has 0 spiro atoms. The van der Waals surface area contributed by atoms with Gasteiger partial charge in [-0.25, -0.2) is 4.39 Å². The van der Waals surface area contributed by atoms with Crippen LogP contribution in [0.15, 0.2) is 48.5 Å². The van der Waals surface area contributed by atoms with Crippen LogP contribution in [0.4, 0.5) is 4.39 Å². The first-order valence-corrected chi connectivity index (χ1v) is 11.2. The lowest BCUT2D eigenvalue weighted by Crippen LogP contribution is -2.73. The number of amides is 2. The van der Waals surface area contributed by atoms with Crippen LogP contribution in [0.1, 0.15) is 24.3 Å². The average Bonchev–Trinajstić information content (AvgIpc) is 2.81. The summed E-state index contributed by atoms with van der Waals surface area (Å²) < 4.78 is 19.5. The van der Waals surface area contributed by atoms with Gasteiger partial charge in [0.05, 0.1) is 25.2 Å². The fourth-order valence-corrected chi connectivity index (χ4v) is 5.45. The number of carbonyl (C=O) groups is 2. The molecule has 168 valence electrons. The molecule has 3 fully saturated rings. The van der Waals surface area contributed by atoms with Gasteiger partial charge in [-0.2, -0.15) is 0 Å². The molecule has 7 heteroatoms. The van der Waals surface area contributed by atoms with Crippen molar-refractivity contribution in [3.63, 3.8) is 0 Å². The molecule has 5 rings (SSSR count). The minimum atomic E-state index is -0.299. The largest absolute Gasteiger partial charge is 0.394 e. The fraction of sp³-hybridized carbons (Fsp3) is 0.440. The number of benzene rings is 2. The number of fused-ring (bicyclic) bond motifs is 1. The number of piperazine rings is 1. The van der Waals surface area contributed by atoms with Gasteiger partial charge in [-0.3, -0.25) is 9.59 Å². The van der Waals surface area contributed by atoms with Crippen LogP contribution in [-0.4, -0.2) is 71.7 Å². The predicted molar refractivity (Wildman–Crippen MR) is 116 cm³/mol. The molecule has 3 atom stereocenters. The Morgan fingerprint density at radius 1 is 1.09 bits per heavy atom. The number of carbonyl (C=O) groups excluding carboxylic acids is 2. The van der Waals surface area contributed by atoms with Crippen LogP contribution in [0.3, 0.4) is 0 Å². The van der Waals surface area contributed by atoms with E-state index in [9.17, 15) is 19.1 Å². The van der Waals surface area contributed by atoms with Gasteiger partial charge in [0.15, 0.2) is 0 Å². The Bertz CT molecular complexity index is 1010. The number of hydrogen-bond acceptors (Lipinski definition) is 4. The second-order valence-electron chi connectivity index (χ2n) is 8.85. The smallest absolute Gasteiger partial charge is 0.242 e. The van der Waals surface area contributed by atoms with E-state index in [1.807, 2.05) is 24.3 Å². The lowest BCUT2D eigenvalue weighted by atomic mass is 9.73. The van der Waals surface area contributed by atoms with Crippen LogP contribution in [-0.2, 0) is 14.3 Å². The fourth-order valence-electron chi connectivity index (χ4n) is 5.45. The molecule has 0 unspecified atom stereocenters. The third-order valence-corrected chi connectivity index (χ3v) is 7.11. The highest BCUT2D eigenvalue weighted by Crippen LogP contribution is 2.43. The molecule has 2 aromatic rings. The summed E-state index contributed by atoms with van der Waals surface area (Å²) in [4.78, 5) is 29.3. The Hall–Kier alpha value is -2.77. The summed E-state index contributed by atoms with van der Waals surface area (Å²) in [6.45, 7) is 1.57. The van der Waals surface area contributed by atoms with E-state index in [0.717, 1.165) is 11.1 Å². The minimum Gasteiger partial charge on any atom is -0.394 e. The zero-order chi connectivity index (χ0) is 22.2. The van der Waals surface area contributed by atoms with Crippen molar-refractivity contribution in [2.24, 2.45) is 5.92 Å². The van der Waals surface area contributed by atoms with E-state index in [4.69, 9.17) is 4.74 Å². The first-order chi connectivity index (χ1) is 15.6. The van der Waals surface area contributed by atoms with E-state index in [0.29, 0.717) is 38.2 Å². The SMILES string of the molecule is O=C(C1CCOCC1)N1CC(=O)N2[C@@H](CO)[C@H](c3ccc(-c4ccccc4F)cc3)[C@@H]2C1. The molecular formula is C25H27FN2O4. The van der Waals surface area contributed by atoms with Crippen molar-refractivity contribution in [3.05, 3.63) is 59.9 Å². The monoisotopic (exact) mass is 438 g/mol. The summed E-state index contributed by atoms with van der Waals surface area (Å²) in [6, 6.07) is 13.8. The number of halogens is 1. The van der Waals surface area contributed by atoms with Crippen molar-refractivity contribution in [2.45, 2.75) is 30.8 Å². The predicted octanol–water partition coefficient (Wildman–Crippen LogP) is 2.42. The molecule has 2 aromatic carbocycles. The Labute approximate surface area is 186 Å². The van der Waals surface area contributed by atoms with Crippen molar-refractivity contribution in [3.8, 4) is 11.1 Å². The van der Waals surface area contributed by atoms with Crippen LogP contribution in [0.5, 0.6) is 0 Å². The van der Waals surface area contributed by atoms with Gasteiger partial charge in [0.25, 0.3) is 0 Å². The van der Waals surface area contributed by atoms with Crippen LogP contribution >= 0.6 is 0 Å². The first kappa shape index (κ1) is 21.1. The molecule has 0 saturated carbocycles. The van der Waals surface area contributed by atoms with E-state index < -0.39 is 0 Å². The zero-order valence-electron chi connectivity index (χ0n) is 17.8. The third-order valence-electron chi connectivity index (χ3n) is 7.11. The van der Waals surface area contributed by atoms with Crippen LogP contribution < -0.4 is 0 Å². The highest BCUT2D eigenvalue weighted by Gasteiger charge is 2.54. The van der Waals surface area contributed by atoms with Gasteiger partial charge in [0, 0.05) is 37.2 Å². The third kappa shape index (κ3) is 3.59. The lowest BCUT2D eigenvalue weighted by Gasteiger charge is -2.59. The molecular weight excluding hydrogens is 411 g/mol. The van der Waals surface area contributed by atoms with E-state index in [1.54, 1.807) is 28.0 Å². The van der Waals surface area contributed by atoms with Crippen molar-refractivity contribution < 1.29 is 23.8 Å². The highest BCUT2D eigenvalue weighted by molar-refractivity contribution is 5.88. The Morgan fingerprint density at radius 3 is 2.50 bits per heavy atom. The maximum absolute atomic E-state index is 14.1. The number of hydrogen-bond donors (Lipinski definition) is 1. The molecule has 6 nitrogen and oxygen atoms in total. The summed E-state index contributed by atoms with van der Waals surface area (Å²) in [5.74, 6) is -0.509. The Balaban J connectivity index is 1.36. The van der Waals surface area contributed by atoms with Gasteiger partial charge in [-0.15, -0.1) is 0 Å². The molecule has 3 aliphatic heterocycles. The van der Waals surface area contributed by atoms with Gasteiger partial charge < -0.3 is 19.6 Å². The lowest BCUT2D eigenvalue weighted by molar-refractivity contribution is -0.169. The number of nitrogens with zero attached hydrogens (tertiary/aromatic N) is 2. The van der Waals surface area contributed by atoms with Crippen molar-refractivity contribution in [1.82, 2.24) is 9.80 Å². The second kappa shape index (κ2) is 8.64. The second-order valence-corrected chi connectivity index (χ2v) is 8.85. The number of ether oxygens (including phenoxy) is 1. The topological polar surface area (TPSA) is 70.1 Å². The van der Waals surface area contributed by atoms with E-state index in [2.05, 4.69) is 0 Å². The molecule has 3 heterocycles. The maximum atomic E-state index is 14.1. The Kier molecular flexibility index (Phi) is 5.69. The standard InChI is InChI=1S/C25H27FN2O4/c26-20-4-2-1-3-19(20)16-5-7-17(8-6-16)24-21-13-27(14-23(30)28(21)22(24)15-29)25(31)18-9-11-32-12-10-18/h1-8,18,21-22,24,29H,9-15H2/t21-,22-,24+/m0/s1. The van der Waals surface area contributed by atoms with E-state index in [1.165, 1.54) is 6.07 Å². The number of aliphatic hydroxyl groups is 1. The molecule has 1 N–H and O–H groups in total. The molecule has 0 aliphatic carbocycles. The molecule has 0 radical (unpaired) electrons. The highest BCUT2D eigenvalue weighted by atomic mass is 19.1. The average molecular weight is 438 g/mol. The molecule has 3 saturated heterocycles. The summed E-state index contributed by atoms with van der Waals surface area (Å²) in [5.41, 5.74) is 2.30. The normalized spacial score (nSPS) is 25.9. The Morgan fingerprint density at radius 2 is 1.81 bits per heavy atom. The van der Waals surface area contributed by atoms with E-state index in [-0.39, 0.29) is 54.7 Å². The molecule has 32 heavy (non-hydrogen) atoms. The van der Waals surface area contributed by atoms with Crippen LogP contribution in [0.2, 0.25) is 0 Å². The molecule has 3 aliphatic rings. The number of rotatable bonds is 4. The number of aliphatic hydroxyl groups excluding tert-OH is 1.